The van der Waals surface area contributed by atoms with Gasteiger partial charge < -0.3 is 14.4 Å². The summed E-state index contributed by atoms with van der Waals surface area (Å²) in [6.07, 6.45) is 1.40. The third-order valence-electron chi connectivity index (χ3n) is 5.81. The Morgan fingerprint density at radius 1 is 1.06 bits per heavy atom. The maximum Gasteiger partial charge on any atom is 0.294 e. The molecule has 0 fully saturated rings. The number of amides is 1. The van der Waals surface area contributed by atoms with Gasteiger partial charge in [-0.25, -0.2) is 0 Å². The van der Waals surface area contributed by atoms with E-state index in [4.69, 9.17) is 4.42 Å². The fourth-order valence-electron chi connectivity index (χ4n) is 4.21. The minimum atomic E-state index is -0.765. The van der Waals surface area contributed by atoms with Crippen LogP contribution in [0.5, 0.6) is 0 Å². The Kier molecular flexibility index (Phi) is 5.86. The molecular weight excluding hydrogens is 404 g/mol. The molecule has 1 aliphatic rings. The average Bonchev–Trinajstić information content (AvgIpc) is 3.42. The van der Waals surface area contributed by atoms with E-state index >= 15 is 0 Å². The van der Waals surface area contributed by atoms with E-state index in [0.29, 0.717) is 5.69 Å². The Balaban J connectivity index is 1.81. The summed E-state index contributed by atoms with van der Waals surface area (Å²) in [5.41, 5.74) is 3.39. The summed E-state index contributed by atoms with van der Waals surface area (Å²) in [5, 5.41) is 10.8. The van der Waals surface area contributed by atoms with Crippen molar-refractivity contribution in [2.75, 3.05) is 22.9 Å². The lowest BCUT2D eigenvalue weighted by Gasteiger charge is -2.28. The first-order valence-electron chi connectivity index (χ1n) is 10.7. The van der Waals surface area contributed by atoms with E-state index in [9.17, 15) is 14.7 Å². The monoisotopic (exact) mass is 430 g/mol. The molecule has 0 aliphatic carbocycles. The Hall–Kier alpha value is -3.80. The lowest BCUT2D eigenvalue weighted by molar-refractivity contribution is -0.117. The number of hydrogen-bond donors (Lipinski definition) is 1. The van der Waals surface area contributed by atoms with E-state index in [1.54, 1.807) is 6.07 Å². The lowest BCUT2D eigenvalue weighted by Crippen LogP contribution is -2.31. The van der Waals surface area contributed by atoms with Crippen molar-refractivity contribution in [3.63, 3.8) is 0 Å². The highest BCUT2D eigenvalue weighted by Crippen LogP contribution is 2.42. The number of carbonyl (C=O) groups excluding carboxylic acids is 2. The molecule has 0 saturated heterocycles. The lowest BCUT2D eigenvalue weighted by atomic mass is 9.94. The second-order valence-electron chi connectivity index (χ2n) is 7.75. The number of rotatable bonds is 7. The van der Waals surface area contributed by atoms with Gasteiger partial charge in [0.1, 0.15) is 0 Å². The van der Waals surface area contributed by atoms with Crippen LogP contribution in [-0.2, 0) is 4.79 Å². The molecule has 32 heavy (non-hydrogen) atoms. The first-order valence-corrected chi connectivity index (χ1v) is 10.7. The summed E-state index contributed by atoms with van der Waals surface area (Å²) < 4.78 is 5.28. The number of carbonyl (C=O) groups is 2. The van der Waals surface area contributed by atoms with Crippen molar-refractivity contribution in [1.29, 1.82) is 0 Å². The van der Waals surface area contributed by atoms with Crippen LogP contribution >= 0.6 is 0 Å². The first-order chi connectivity index (χ1) is 15.5. The summed E-state index contributed by atoms with van der Waals surface area (Å²) in [6, 6.07) is 17.6. The number of nitrogens with zero attached hydrogens (tertiary/aromatic N) is 2. The number of aryl methyl sites for hydroxylation is 1. The number of anilines is 2. The number of hydrogen-bond acceptors (Lipinski definition) is 5. The van der Waals surface area contributed by atoms with Crippen LogP contribution in [0.25, 0.3) is 0 Å². The van der Waals surface area contributed by atoms with Crippen molar-refractivity contribution in [3.8, 4) is 0 Å². The van der Waals surface area contributed by atoms with Gasteiger partial charge >= 0.3 is 0 Å². The van der Waals surface area contributed by atoms with Gasteiger partial charge in [0, 0.05) is 24.5 Å². The molecule has 1 unspecified atom stereocenters. The number of benzene rings is 2. The standard InChI is InChI=1S/C26H26N2O4/c1-4-27(5-2)19-11-13-20(14-12-19)28-23(18-9-6-8-17(3)16-18)22(25(30)26(28)31)24(29)21-10-7-15-32-21/h6-16,23,30H,4-5H2,1-3H3. The molecule has 1 atom stereocenters. The van der Waals surface area contributed by atoms with Crippen molar-refractivity contribution >= 4 is 23.1 Å². The largest absolute Gasteiger partial charge is 0.503 e. The minimum absolute atomic E-state index is 0.0170. The molecule has 6 heteroatoms. The van der Waals surface area contributed by atoms with Crippen LogP contribution in [-0.4, -0.2) is 29.9 Å². The number of aliphatic hydroxyl groups is 1. The van der Waals surface area contributed by atoms with E-state index in [2.05, 4.69) is 18.7 Å². The number of ketones is 1. The van der Waals surface area contributed by atoms with Gasteiger partial charge in [-0.05, 0) is 62.7 Å². The molecule has 2 heterocycles. The van der Waals surface area contributed by atoms with Crippen molar-refractivity contribution in [2.45, 2.75) is 26.8 Å². The summed E-state index contributed by atoms with van der Waals surface area (Å²) in [5.74, 6) is -1.59. The average molecular weight is 431 g/mol. The Labute approximate surface area is 187 Å². The topological polar surface area (TPSA) is 74.0 Å². The fraction of sp³-hybridized carbons (Fsp3) is 0.231. The second-order valence-corrected chi connectivity index (χ2v) is 7.75. The molecule has 0 saturated carbocycles. The molecule has 0 bridgehead atoms. The molecule has 4 rings (SSSR count). The van der Waals surface area contributed by atoms with E-state index in [1.165, 1.54) is 17.2 Å². The zero-order valence-corrected chi connectivity index (χ0v) is 18.4. The molecule has 1 aliphatic heterocycles. The maximum absolute atomic E-state index is 13.2. The number of Topliss-reactive ketones (excluding diaryl/α,β-unsaturated/α-hetero) is 1. The third-order valence-corrected chi connectivity index (χ3v) is 5.81. The molecule has 1 amide bonds. The van der Waals surface area contributed by atoms with Crippen LogP contribution in [0.2, 0.25) is 0 Å². The van der Waals surface area contributed by atoms with E-state index in [0.717, 1.165) is 29.9 Å². The smallest absolute Gasteiger partial charge is 0.294 e. The highest BCUT2D eigenvalue weighted by atomic mass is 16.3. The van der Waals surface area contributed by atoms with Crippen LogP contribution in [0.1, 0.15) is 41.6 Å². The molecule has 2 aromatic carbocycles. The van der Waals surface area contributed by atoms with Gasteiger partial charge in [0.15, 0.2) is 11.5 Å². The summed E-state index contributed by atoms with van der Waals surface area (Å²) in [6.45, 7) is 7.86. The van der Waals surface area contributed by atoms with Gasteiger partial charge in [-0.3, -0.25) is 14.5 Å². The van der Waals surface area contributed by atoms with Gasteiger partial charge in [0.05, 0.1) is 17.9 Å². The molecule has 3 aromatic rings. The quantitative estimate of drug-likeness (QED) is 0.521. The molecular formula is C26H26N2O4. The summed E-state index contributed by atoms with van der Waals surface area (Å²) in [4.78, 5) is 30.1. The Morgan fingerprint density at radius 3 is 2.38 bits per heavy atom. The normalized spacial score (nSPS) is 16.0. The van der Waals surface area contributed by atoms with Crippen molar-refractivity contribution in [2.24, 2.45) is 0 Å². The van der Waals surface area contributed by atoms with Crippen LogP contribution in [0.3, 0.4) is 0 Å². The number of aliphatic hydroxyl groups excluding tert-OH is 1. The highest BCUT2D eigenvalue weighted by Gasteiger charge is 2.45. The van der Waals surface area contributed by atoms with Crippen LogP contribution < -0.4 is 9.80 Å². The third kappa shape index (κ3) is 3.68. The van der Waals surface area contributed by atoms with E-state index < -0.39 is 23.5 Å². The van der Waals surface area contributed by atoms with Crippen LogP contribution in [0.4, 0.5) is 11.4 Å². The zero-order valence-electron chi connectivity index (χ0n) is 18.4. The fourth-order valence-corrected chi connectivity index (χ4v) is 4.21. The number of furan rings is 1. The van der Waals surface area contributed by atoms with Gasteiger partial charge in [-0.2, -0.15) is 0 Å². The SMILES string of the molecule is CCN(CC)c1ccc(N2C(=O)C(O)=C(C(=O)c3ccco3)C2c2cccc(C)c2)cc1. The van der Waals surface area contributed by atoms with E-state index in [1.807, 2.05) is 55.5 Å². The summed E-state index contributed by atoms with van der Waals surface area (Å²) >= 11 is 0. The second kappa shape index (κ2) is 8.75. The molecule has 164 valence electrons. The van der Waals surface area contributed by atoms with Crippen molar-refractivity contribution in [1.82, 2.24) is 0 Å². The predicted molar refractivity (Wildman–Crippen MR) is 124 cm³/mol. The van der Waals surface area contributed by atoms with Crippen LogP contribution in [0, 0.1) is 6.92 Å². The van der Waals surface area contributed by atoms with Crippen molar-refractivity contribution < 1.29 is 19.1 Å². The summed E-state index contributed by atoms with van der Waals surface area (Å²) in [7, 11) is 0. The van der Waals surface area contributed by atoms with Gasteiger partial charge in [-0.15, -0.1) is 0 Å². The van der Waals surface area contributed by atoms with Crippen molar-refractivity contribution in [3.05, 3.63) is 95.1 Å². The Bertz CT molecular complexity index is 1160. The maximum atomic E-state index is 13.2. The molecule has 6 nitrogen and oxygen atoms in total. The van der Waals surface area contributed by atoms with Gasteiger partial charge in [0.2, 0.25) is 5.78 Å². The molecule has 1 aromatic heterocycles. The van der Waals surface area contributed by atoms with Crippen LogP contribution in [0.15, 0.2) is 82.7 Å². The minimum Gasteiger partial charge on any atom is -0.503 e. The zero-order chi connectivity index (χ0) is 22.8. The van der Waals surface area contributed by atoms with Gasteiger partial charge in [-0.1, -0.05) is 29.8 Å². The molecule has 0 spiro atoms. The molecule has 1 N–H and O–H groups in total. The molecule has 0 radical (unpaired) electrons. The van der Waals surface area contributed by atoms with Gasteiger partial charge in [0.25, 0.3) is 5.91 Å². The Morgan fingerprint density at radius 2 is 1.78 bits per heavy atom. The first kappa shape index (κ1) is 21.4. The van der Waals surface area contributed by atoms with E-state index in [-0.39, 0.29) is 11.3 Å². The highest BCUT2D eigenvalue weighted by molar-refractivity contribution is 6.20. The predicted octanol–water partition coefficient (Wildman–Crippen LogP) is 5.22.